The van der Waals surface area contributed by atoms with Crippen molar-refractivity contribution < 1.29 is 9.47 Å². The van der Waals surface area contributed by atoms with E-state index in [0.717, 1.165) is 0 Å². The number of rotatable bonds is 2. The molecule has 6 heteroatoms. The smallest absolute Gasteiger partial charge is 0.217 e. The van der Waals surface area contributed by atoms with Gasteiger partial charge in [-0.1, -0.05) is 37.0 Å². The lowest BCUT2D eigenvalue weighted by Gasteiger charge is -2.41. The van der Waals surface area contributed by atoms with Crippen molar-refractivity contribution in [3.8, 4) is 0 Å². The van der Waals surface area contributed by atoms with Gasteiger partial charge in [0.15, 0.2) is 0 Å². The van der Waals surface area contributed by atoms with Gasteiger partial charge >= 0.3 is 0 Å². The number of fused-ring (bicyclic) bond motifs is 2. The Morgan fingerprint density at radius 1 is 0.882 bits per heavy atom. The van der Waals surface area contributed by atoms with E-state index in [1.54, 1.807) is 0 Å². The first-order valence-electron chi connectivity index (χ1n) is 5.30. The zero-order chi connectivity index (χ0) is 13.2. The summed E-state index contributed by atoms with van der Waals surface area (Å²) >= 11 is 25.9. The van der Waals surface area contributed by atoms with Gasteiger partial charge in [-0.3, -0.25) is 0 Å². The summed E-state index contributed by atoms with van der Waals surface area (Å²) < 4.78 is 11.1. The van der Waals surface area contributed by atoms with Gasteiger partial charge in [-0.2, -0.15) is 0 Å². The first-order chi connectivity index (χ1) is 7.75. The summed E-state index contributed by atoms with van der Waals surface area (Å²) in [5, 5.41) is 0.648. The lowest BCUT2D eigenvalue weighted by molar-refractivity contribution is -0.220. The van der Waals surface area contributed by atoms with Gasteiger partial charge in [-0.25, -0.2) is 0 Å². The molecule has 17 heavy (non-hydrogen) atoms. The van der Waals surface area contributed by atoms with Crippen molar-refractivity contribution in [2.75, 3.05) is 14.2 Å². The van der Waals surface area contributed by atoms with Crippen LogP contribution in [0.4, 0.5) is 0 Å². The van der Waals surface area contributed by atoms with Crippen LogP contribution in [0.5, 0.6) is 0 Å². The molecule has 0 spiro atoms. The van der Waals surface area contributed by atoms with Crippen molar-refractivity contribution in [3.63, 3.8) is 0 Å². The normalized spacial score (nSPS) is 48.0. The summed E-state index contributed by atoms with van der Waals surface area (Å²) in [5.74, 6) is -1.27. The fourth-order valence-corrected chi connectivity index (χ4v) is 5.45. The molecule has 2 aliphatic carbocycles. The molecule has 2 bridgehead atoms. The molecule has 0 radical (unpaired) electrons. The van der Waals surface area contributed by atoms with Crippen molar-refractivity contribution in [3.05, 3.63) is 10.1 Å². The standard InChI is InChI=1S/C11H14Cl4O2/c1-5-6(2)10(15)8(13)7(12)9(5,14)11(10,16-3)17-4/h5-6H,1-4H3/t5-,6+,9?,10?. The minimum atomic E-state index is -1.24. The second-order valence-corrected chi connectivity index (χ2v) is 6.60. The number of ether oxygens (including phenoxy) is 2. The zero-order valence-electron chi connectivity index (χ0n) is 9.98. The lowest BCUT2D eigenvalue weighted by atomic mass is 9.85. The quantitative estimate of drug-likeness (QED) is 0.567. The molecular formula is C11H14Cl4O2. The van der Waals surface area contributed by atoms with Crippen LogP contribution in [0, 0.1) is 11.8 Å². The summed E-state index contributed by atoms with van der Waals surface area (Å²) in [5.41, 5.74) is 0. The Morgan fingerprint density at radius 2 is 1.18 bits per heavy atom. The summed E-state index contributed by atoms with van der Waals surface area (Å²) in [6, 6.07) is 0. The minimum absolute atomic E-state index is 0.0171. The van der Waals surface area contributed by atoms with Gasteiger partial charge in [-0.15, -0.1) is 23.2 Å². The van der Waals surface area contributed by atoms with E-state index in [1.165, 1.54) is 14.2 Å². The average Bonchev–Trinajstić information content (AvgIpc) is 2.54. The van der Waals surface area contributed by atoms with Crippen LogP contribution in [0.25, 0.3) is 0 Å². The molecule has 2 unspecified atom stereocenters. The lowest BCUT2D eigenvalue weighted by Crippen LogP contribution is -2.57. The molecule has 98 valence electrons. The van der Waals surface area contributed by atoms with Gasteiger partial charge < -0.3 is 9.47 Å². The van der Waals surface area contributed by atoms with Crippen LogP contribution in [-0.4, -0.2) is 29.8 Å². The Morgan fingerprint density at radius 3 is 1.35 bits per heavy atom. The molecule has 2 nitrogen and oxygen atoms in total. The maximum absolute atomic E-state index is 6.69. The third kappa shape index (κ3) is 1.14. The Kier molecular flexibility index (Phi) is 3.27. The molecule has 0 saturated heterocycles. The maximum Gasteiger partial charge on any atom is 0.217 e. The highest BCUT2D eigenvalue weighted by Gasteiger charge is 2.82. The molecule has 1 saturated carbocycles. The van der Waals surface area contributed by atoms with Crippen LogP contribution in [0.3, 0.4) is 0 Å². The summed E-state index contributed by atoms with van der Waals surface area (Å²) in [6.07, 6.45) is 0. The van der Waals surface area contributed by atoms with E-state index in [4.69, 9.17) is 55.9 Å². The summed E-state index contributed by atoms with van der Waals surface area (Å²) in [7, 11) is 3.00. The Balaban J connectivity index is 2.77. The molecule has 4 atom stereocenters. The molecule has 2 rings (SSSR count). The van der Waals surface area contributed by atoms with Crippen LogP contribution >= 0.6 is 46.4 Å². The number of hydrogen-bond donors (Lipinski definition) is 0. The molecule has 0 aromatic carbocycles. The number of halogens is 4. The fourth-order valence-electron chi connectivity index (χ4n) is 3.24. The molecule has 0 aromatic rings. The molecule has 0 aliphatic heterocycles. The Labute approximate surface area is 121 Å². The van der Waals surface area contributed by atoms with Gasteiger partial charge in [0.05, 0.1) is 10.1 Å². The monoisotopic (exact) mass is 318 g/mol. The highest BCUT2D eigenvalue weighted by molar-refractivity contribution is 6.52. The molecular weight excluding hydrogens is 306 g/mol. The van der Waals surface area contributed by atoms with Gasteiger partial charge in [0, 0.05) is 14.2 Å². The minimum Gasteiger partial charge on any atom is -0.350 e. The van der Waals surface area contributed by atoms with Crippen molar-refractivity contribution in [2.45, 2.75) is 29.4 Å². The highest BCUT2D eigenvalue weighted by atomic mass is 35.5. The zero-order valence-corrected chi connectivity index (χ0v) is 13.0. The van der Waals surface area contributed by atoms with Crippen molar-refractivity contribution >= 4 is 46.4 Å². The molecule has 0 aromatic heterocycles. The third-order valence-electron chi connectivity index (χ3n) is 4.37. The first-order valence-corrected chi connectivity index (χ1v) is 6.81. The molecule has 0 heterocycles. The maximum atomic E-state index is 6.69. The average molecular weight is 320 g/mol. The second-order valence-electron chi connectivity index (χ2n) is 4.65. The predicted molar refractivity (Wildman–Crippen MR) is 71.0 cm³/mol. The van der Waals surface area contributed by atoms with E-state index in [1.807, 2.05) is 13.8 Å². The van der Waals surface area contributed by atoms with E-state index in [2.05, 4.69) is 0 Å². The SMILES string of the molecule is COC1(OC)C2(Cl)C(Cl)=C(Cl)C1(Cl)[C@@H](C)[C@H]2C. The largest absolute Gasteiger partial charge is 0.350 e. The first kappa shape index (κ1) is 14.2. The van der Waals surface area contributed by atoms with Gasteiger partial charge in [-0.05, 0) is 11.8 Å². The van der Waals surface area contributed by atoms with Crippen LogP contribution in [0.1, 0.15) is 13.8 Å². The van der Waals surface area contributed by atoms with Crippen LogP contribution in [0.2, 0.25) is 0 Å². The van der Waals surface area contributed by atoms with Crippen LogP contribution in [-0.2, 0) is 9.47 Å². The number of alkyl halides is 2. The van der Waals surface area contributed by atoms with Crippen molar-refractivity contribution in [1.82, 2.24) is 0 Å². The summed E-state index contributed by atoms with van der Waals surface area (Å²) in [6.45, 7) is 3.95. The topological polar surface area (TPSA) is 18.5 Å². The molecule has 2 aliphatic rings. The van der Waals surface area contributed by atoms with E-state index in [-0.39, 0.29) is 11.8 Å². The number of methoxy groups -OCH3 is 2. The van der Waals surface area contributed by atoms with Crippen molar-refractivity contribution in [2.24, 2.45) is 11.8 Å². The van der Waals surface area contributed by atoms with Gasteiger partial charge in [0.2, 0.25) is 5.79 Å². The van der Waals surface area contributed by atoms with E-state index in [0.29, 0.717) is 10.1 Å². The van der Waals surface area contributed by atoms with E-state index < -0.39 is 15.5 Å². The fraction of sp³-hybridized carbons (Fsp3) is 0.818. The van der Waals surface area contributed by atoms with Crippen LogP contribution < -0.4 is 0 Å². The molecule has 1 fully saturated rings. The van der Waals surface area contributed by atoms with Crippen molar-refractivity contribution in [1.29, 1.82) is 0 Å². The van der Waals surface area contributed by atoms with E-state index >= 15 is 0 Å². The second kappa shape index (κ2) is 3.91. The predicted octanol–water partition coefficient (Wildman–Crippen LogP) is 3.92. The van der Waals surface area contributed by atoms with Gasteiger partial charge in [0.25, 0.3) is 0 Å². The Hall–Kier alpha value is 0.820. The van der Waals surface area contributed by atoms with Crippen LogP contribution in [0.15, 0.2) is 10.1 Å². The Bertz CT molecular complexity index is 361. The summed E-state index contributed by atoms with van der Waals surface area (Å²) in [4.78, 5) is -2.09. The number of hydrogen-bond acceptors (Lipinski definition) is 2. The molecule has 0 N–H and O–H groups in total. The molecule has 0 amide bonds. The van der Waals surface area contributed by atoms with E-state index in [9.17, 15) is 0 Å². The third-order valence-corrected chi connectivity index (χ3v) is 7.20. The van der Waals surface area contributed by atoms with Gasteiger partial charge in [0.1, 0.15) is 9.75 Å². The highest BCUT2D eigenvalue weighted by Crippen LogP contribution is 2.73.